The Kier molecular flexibility index (Phi) is 4.08. The zero-order valence-corrected chi connectivity index (χ0v) is 14.5. The fourth-order valence-corrected chi connectivity index (χ4v) is 2.96. The first-order chi connectivity index (χ1) is 11.8. The van der Waals surface area contributed by atoms with Gasteiger partial charge >= 0.3 is 0 Å². The lowest BCUT2D eigenvalue weighted by Crippen LogP contribution is -2.33. The first-order valence-electron chi connectivity index (χ1n) is 8.04. The standard InChI is InChI=1S/C20H21N3O2/c1-12-17(13-7-5-4-6-8-13)15-11-14(18(24)23-19(21)22)9-10-16(15)25-20(12,2)3/h4-11H,1-3H3,(H4,21,22,23,24). The number of benzene rings is 2. The van der Waals surface area contributed by atoms with Crippen LogP contribution in [-0.2, 0) is 0 Å². The topological polar surface area (TPSA) is 90.7 Å². The molecule has 1 amide bonds. The van der Waals surface area contributed by atoms with Crippen LogP contribution in [0.3, 0.4) is 0 Å². The Morgan fingerprint density at radius 3 is 2.40 bits per heavy atom. The molecule has 1 heterocycles. The Labute approximate surface area is 147 Å². The molecule has 0 saturated heterocycles. The lowest BCUT2D eigenvalue weighted by molar-refractivity contribution is 0.100. The molecule has 1 aliphatic rings. The highest BCUT2D eigenvalue weighted by Crippen LogP contribution is 2.43. The number of aliphatic imine (C=N–C) groups is 1. The van der Waals surface area contributed by atoms with Gasteiger partial charge in [0.15, 0.2) is 5.96 Å². The molecular weight excluding hydrogens is 314 g/mol. The average Bonchev–Trinajstić information content (AvgIpc) is 2.55. The summed E-state index contributed by atoms with van der Waals surface area (Å²) in [5, 5.41) is 0. The summed E-state index contributed by atoms with van der Waals surface area (Å²) in [5.74, 6) is 0.00325. The normalized spacial score (nSPS) is 15.2. The number of amides is 1. The maximum Gasteiger partial charge on any atom is 0.280 e. The molecule has 2 aromatic carbocycles. The van der Waals surface area contributed by atoms with Gasteiger partial charge in [-0.15, -0.1) is 0 Å². The summed E-state index contributed by atoms with van der Waals surface area (Å²) in [4.78, 5) is 15.8. The van der Waals surface area contributed by atoms with Gasteiger partial charge in [0, 0.05) is 11.1 Å². The van der Waals surface area contributed by atoms with E-state index in [4.69, 9.17) is 16.2 Å². The third-order valence-corrected chi connectivity index (χ3v) is 4.43. The summed E-state index contributed by atoms with van der Waals surface area (Å²) >= 11 is 0. The van der Waals surface area contributed by atoms with Crippen molar-refractivity contribution >= 4 is 17.4 Å². The molecule has 3 rings (SSSR count). The molecule has 1 aliphatic heterocycles. The number of fused-ring (bicyclic) bond motifs is 1. The van der Waals surface area contributed by atoms with E-state index in [1.807, 2.05) is 32.0 Å². The van der Waals surface area contributed by atoms with Crippen LogP contribution in [0.25, 0.3) is 5.57 Å². The summed E-state index contributed by atoms with van der Waals surface area (Å²) in [5.41, 5.74) is 14.7. The highest BCUT2D eigenvalue weighted by molar-refractivity contribution is 6.03. The molecule has 0 spiro atoms. The third kappa shape index (κ3) is 3.13. The summed E-state index contributed by atoms with van der Waals surface area (Å²) < 4.78 is 6.14. The Bertz CT molecular complexity index is 892. The lowest BCUT2D eigenvalue weighted by Gasteiger charge is -2.36. The molecule has 5 nitrogen and oxygen atoms in total. The molecule has 25 heavy (non-hydrogen) atoms. The van der Waals surface area contributed by atoms with Crippen LogP contribution in [0.2, 0.25) is 0 Å². The largest absolute Gasteiger partial charge is 0.483 e. The molecule has 0 radical (unpaired) electrons. The van der Waals surface area contributed by atoms with Crippen LogP contribution in [-0.4, -0.2) is 17.5 Å². The number of nitrogens with two attached hydrogens (primary N) is 2. The molecule has 0 bridgehead atoms. The van der Waals surface area contributed by atoms with Crippen molar-refractivity contribution in [3.05, 3.63) is 70.8 Å². The van der Waals surface area contributed by atoms with Gasteiger partial charge in [-0.3, -0.25) is 4.79 Å². The first kappa shape index (κ1) is 16.8. The number of hydrogen-bond donors (Lipinski definition) is 2. The van der Waals surface area contributed by atoms with Gasteiger partial charge in [-0.1, -0.05) is 30.3 Å². The Hall–Kier alpha value is -3.08. The zero-order valence-electron chi connectivity index (χ0n) is 14.5. The van der Waals surface area contributed by atoms with Crippen molar-refractivity contribution in [2.45, 2.75) is 26.4 Å². The van der Waals surface area contributed by atoms with Crippen LogP contribution in [0.5, 0.6) is 5.75 Å². The number of guanidine groups is 1. The van der Waals surface area contributed by atoms with Gasteiger partial charge in [0.25, 0.3) is 5.91 Å². The number of hydrogen-bond acceptors (Lipinski definition) is 2. The van der Waals surface area contributed by atoms with Crippen LogP contribution in [0, 0.1) is 0 Å². The molecule has 2 aromatic rings. The second-order valence-electron chi connectivity index (χ2n) is 6.53. The van der Waals surface area contributed by atoms with Gasteiger partial charge in [0.05, 0.1) is 0 Å². The van der Waals surface area contributed by atoms with Crippen LogP contribution >= 0.6 is 0 Å². The molecule has 4 N–H and O–H groups in total. The molecule has 0 aromatic heterocycles. The smallest absolute Gasteiger partial charge is 0.280 e. The molecule has 0 atom stereocenters. The van der Waals surface area contributed by atoms with E-state index in [2.05, 4.69) is 24.0 Å². The highest BCUT2D eigenvalue weighted by Gasteiger charge is 2.33. The predicted molar refractivity (Wildman–Crippen MR) is 99.4 cm³/mol. The first-order valence-corrected chi connectivity index (χ1v) is 8.04. The monoisotopic (exact) mass is 335 g/mol. The van der Waals surface area contributed by atoms with E-state index in [1.165, 1.54) is 0 Å². The minimum atomic E-state index is -0.474. The van der Waals surface area contributed by atoms with Gasteiger partial charge < -0.3 is 16.2 Å². The quantitative estimate of drug-likeness (QED) is 0.652. The maximum atomic E-state index is 12.2. The van der Waals surface area contributed by atoms with Gasteiger partial charge in [0.2, 0.25) is 0 Å². The van der Waals surface area contributed by atoms with Gasteiger partial charge in [-0.2, -0.15) is 4.99 Å². The van der Waals surface area contributed by atoms with Crippen molar-refractivity contribution in [2.75, 3.05) is 0 Å². The number of nitrogens with zero attached hydrogens (tertiary/aromatic N) is 1. The summed E-state index contributed by atoms with van der Waals surface area (Å²) in [6.45, 7) is 6.12. The van der Waals surface area contributed by atoms with Crippen molar-refractivity contribution in [3.63, 3.8) is 0 Å². The van der Waals surface area contributed by atoms with Crippen molar-refractivity contribution in [1.29, 1.82) is 0 Å². The van der Waals surface area contributed by atoms with Crippen LogP contribution in [0.1, 0.15) is 42.3 Å². The van der Waals surface area contributed by atoms with Gasteiger partial charge in [-0.25, -0.2) is 0 Å². The van der Waals surface area contributed by atoms with E-state index in [1.54, 1.807) is 18.2 Å². The minimum absolute atomic E-state index is 0.255. The number of ether oxygens (including phenoxy) is 1. The van der Waals surface area contributed by atoms with Gasteiger partial charge in [-0.05, 0) is 55.7 Å². The average molecular weight is 335 g/mol. The van der Waals surface area contributed by atoms with Crippen LogP contribution < -0.4 is 16.2 Å². The molecule has 5 heteroatoms. The molecular formula is C20H21N3O2. The summed E-state index contributed by atoms with van der Waals surface area (Å²) in [7, 11) is 0. The Morgan fingerprint density at radius 2 is 1.76 bits per heavy atom. The fourth-order valence-electron chi connectivity index (χ4n) is 2.96. The van der Waals surface area contributed by atoms with E-state index in [-0.39, 0.29) is 5.96 Å². The lowest BCUT2D eigenvalue weighted by atomic mass is 9.83. The number of carbonyl (C=O) groups is 1. The van der Waals surface area contributed by atoms with Crippen molar-refractivity contribution < 1.29 is 9.53 Å². The molecule has 0 aliphatic carbocycles. The fraction of sp³-hybridized carbons (Fsp3) is 0.200. The van der Waals surface area contributed by atoms with E-state index in [0.717, 1.165) is 28.0 Å². The predicted octanol–water partition coefficient (Wildman–Crippen LogP) is 3.09. The van der Waals surface area contributed by atoms with Gasteiger partial charge in [0.1, 0.15) is 11.4 Å². The van der Waals surface area contributed by atoms with E-state index < -0.39 is 11.5 Å². The highest BCUT2D eigenvalue weighted by atomic mass is 16.5. The number of rotatable bonds is 2. The summed E-state index contributed by atoms with van der Waals surface area (Å²) in [6, 6.07) is 15.3. The number of carbonyl (C=O) groups excluding carboxylic acids is 1. The van der Waals surface area contributed by atoms with E-state index in [0.29, 0.717) is 5.56 Å². The Balaban J connectivity index is 2.21. The van der Waals surface area contributed by atoms with Crippen LogP contribution in [0.4, 0.5) is 0 Å². The van der Waals surface area contributed by atoms with Crippen molar-refractivity contribution in [2.24, 2.45) is 16.5 Å². The minimum Gasteiger partial charge on any atom is -0.483 e. The second kappa shape index (κ2) is 6.09. The molecule has 0 unspecified atom stereocenters. The van der Waals surface area contributed by atoms with Crippen molar-refractivity contribution in [3.8, 4) is 5.75 Å². The molecule has 0 fully saturated rings. The third-order valence-electron chi connectivity index (χ3n) is 4.43. The second-order valence-corrected chi connectivity index (χ2v) is 6.53. The van der Waals surface area contributed by atoms with E-state index >= 15 is 0 Å². The van der Waals surface area contributed by atoms with E-state index in [9.17, 15) is 4.79 Å². The van der Waals surface area contributed by atoms with Crippen molar-refractivity contribution in [1.82, 2.24) is 0 Å². The maximum absolute atomic E-state index is 12.2. The molecule has 0 saturated carbocycles. The molecule has 128 valence electrons. The van der Waals surface area contributed by atoms with Crippen LogP contribution in [0.15, 0.2) is 59.1 Å². The zero-order chi connectivity index (χ0) is 18.2. The SMILES string of the molecule is CC1=C(c2ccccc2)c2cc(C(=O)N=C(N)N)ccc2OC1(C)C. The Morgan fingerprint density at radius 1 is 1.08 bits per heavy atom. The summed E-state index contributed by atoms with van der Waals surface area (Å²) in [6.07, 6.45) is 0.